The summed E-state index contributed by atoms with van der Waals surface area (Å²) in [6.07, 6.45) is 2.92. The Morgan fingerprint density at radius 3 is 2.74 bits per heavy atom. The average Bonchev–Trinajstić information content (AvgIpc) is 3.17. The van der Waals surface area contributed by atoms with Gasteiger partial charge in [-0.3, -0.25) is 4.90 Å². The number of ether oxygens (including phenoxy) is 1. The van der Waals surface area contributed by atoms with E-state index in [1.165, 1.54) is 0 Å². The fourth-order valence-electron chi connectivity index (χ4n) is 3.11. The van der Waals surface area contributed by atoms with E-state index in [2.05, 4.69) is 44.9 Å². The molecule has 1 atom stereocenters. The van der Waals surface area contributed by atoms with Crippen LogP contribution in [0.4, 0.5) is 22.9 Å². The maximum absolute atomic E-state index is 5.38. The largest absolute Gasteiger partial charge is 0.379 e. The molecule has 1 N–H and O–H groups in total. The fourth-order valence-corrected chi connectivity index (χ4v) is 3.11. The number of pyridine rings is 1. The number of benzene rings is 1. The monoisotopic (exact) mass is 308 g/mol. The highest BCUT2D eigenvalue weighted by atomic mass is 16.5. The van der Waals surface area contributed by atoms with Crippen LogP contribution in [0.25, 0.3) is 0 Å². The van der Waals surface area contributed by atoms with Crippen molar-refractivity contribution in [3.8, 4) is 0 Å². The average molecular weight is 308 g/mol. The van der Waals surface area contributed by atoms with Crippen molar-refractivity contribution in [1.29, 1.82) is 0 Å². The number of hydrogen-bond acceptors (Lipinski definition) is 5. The third-order valence-corrected chi connectivity index (χ3v) is 4.42. The van der Waals surface area contributed by atoms with Crippen LogP contribution in [0.15, 0.2) is 55.0 Å². The fraction of sp³-hybridized carbons (Fsp3) is 0.278. The highest BCUT2D eigenvalue weighted by Gasteiger charge is 2.28. The van der Waals surface area contributed by atoms with Gasteiger partial charge in [0.2, 0.25) is 0 Å². The molecule has 0 bridgehead atoms. The molecule has 0 amide bonds. The minimum absolute atomic E-state index is 0.363. The molecule has 2 aromatic rings. The van der Waals surface area contributed by atoms with Gasteiger partial charge in [-0.2, -0.15) is 0 Å². The van der Waals surface area contributed by atoms with E-state index < -0.39 is 0 Å². The molecule has 5 heteroatoms. The molecule has 2 aliphatic heterocycles. The molecule has 0 spiro atoms. The first-order chi connectivity index (χ1) is 11.2. The molecular weight excluding hydrogens is 288 g/mol. The Balaban J connectivity index is 1.59. The zero-order valence-corrected chi connectivity index (χ0v) is 13.2. The number of para-hydroxylation sites is 2. The van der Waals surface area contributed by atoms with E-state index in [9.17, 15) is 0 Å². The van der Waals surface area contributed by atoms with E-state index in [0.717, 1.165) is 48.3 Å². The lowest BCUT2D eigenvalue weighted by Crippen LogP contribution is -2.21. The molecule has 2 aliphatic rings. The van der Waals surface area contributed by atoms with E-state index in [1.807, 2.05) is 31.4 Å². The lowest BCUT2D eigenvalue weighted by molar-refractivity contribution is 0.195. The molecule has 4 rings (SSSR count). The summed E-state index contributed by atoms with van der Waals surface area (Å²) in [5.74, 6) is 1.81. The molecule has 118 valence electrons. The first-order valence-corrected chi connectivity index (χ1v) is 7.86. The van der Waals surface area contributed by atoms with Gasteiger partial charge in [0, 0.05) is 13.7 Å². The molecule has 1 fully saturated rings. The predicted molar refractivity (Wildman–Crippen MR) is 93.2 cm³/mol. The van der Waals surface area contributed by atoms with E-state index in [4.69, 9.17) is 4.74 Å². The molecule has 0 aliphatic carbocycles. The number of fused-ring (bicyclic) bond motifs is 1. The Morgan fingerprint density at radius 1 is 1.22 bits per heavy atom. The van der Waals surface area contributed by atoms with Crippen molar-refractivity contribution < 1.29 is 4.74 Å². The lowest BCUT2D eigenvalue weighted by atomic mass is 10.2. The summed E-state index contributed by atoms with van der Waals surface area (Å²) >= 11 is 0. The number of aromatic nitrogens is 1. The van der Waals surface area contributed by atoms with E-state index >= 15 is 0 Å². The first-order valence-electron chi connectivity index (χ1n) is 7.86. The van der Waals surface area contributed by atoms with Crippen LogP contribution in [0, 0.1) is 0 Å². The maximum Gasteiger partial charge on any atom is 0.126 e. The lowest BCUT2D eigenvalue weighted by Gasteiger charge is -2.22. The number of anilines is 4. The van der Waals surface area contributed by atoms with Gasteiger partial charge in [0.1, 0.15) is 11.6 Å². The summed E-state index contributed by atoms with van der Waals surface area (Å²) in [6.45, 7) is 5.79. The number of hydrogen-bond donors (Lipinski definition) is 1. The van der Waals surface area contributed by atoms with Gasteiger partial charge in [-0.05, 0) is 30.7 Å². The van der Waals surface area contributed by atoms with Crippen molar-refractivity contribution in [3.63, 3.8) is 0 Å². The summed E-state index contributed by atoms with van der Waals surface area (Å²) in [7, 11) is 2.03. The quantitative estimate of drug-likeness (QED) is 0.942. The number of nitrogens with one attached hydrogen (secondary N) is 1. The zero-order chi connectivity index (χ0) is 15.8. The molecular formula is C18H20N4O. The maximum atomic E-state index is 5.38. The van der Waals surface area contributed by atoms with E-state index in [-0.39, 0.29) is 0 Å². The zero-order valence-electron chi connectivity index (χ0n) is 13.2. The SMILES string of the molecule is C=C1N(C)c2ccccc2N1c1ccc(NC2CCOC2)nc1. The molecule has 3 heterocycles. The van der Waals surface area contributed by atoms with Gasteiger partial charge in [0.25, 0.3) is 0 Å². The Morgan fingerprint density at radius 2 is 2.04 bits per heavy atom. The van der Waals surface area contributed by atoms with Crippen LogP contribution in [-0.4, -0.2) is 31.3 Å². The summed E-state index contributed by atoms with van der Waals surface area (Å²) in [4.78, 5) is 8.78. The van der Waals surface area contributed by atoms with Crippen molar-refractivity contribution in [3.05, 3.63) is 55.0 Å². The third-order valence-electron chi connectivity index (χ3n) is 4.42. The highest BCUT2D eigenvalue weighted by Crippen LogP contribution is 2.44. The second-order valence-corrected chi connectivity index (χ2v) is 5.91. The summed E-state index contributed by atoms with van der Waals surface area (Å²) in [6, 6.07) is 12.7. The van der Waals surface area contributed by atoms with Crippen LogP contribution >= 0.6 is 0 Å². The summed E-state index contributed by atoms with van der Waals surface area (Å²) in [5.41, 5.74) is 3.30. The molecule has 23 heavy (non-hydrogen) atoms. The third kappa shape index (κ3) is 2.43. The van der Waals surface area contributed by atoms with Crippen LogP contribution in [0.5, 0.6) is 0 Å². The Bertz CT molecular complexity index is 722. The second kappa shape index (κ2) is 5.59. The molecule has 5 nitrogen and oxygen atoms in total. The van der Waals surface area contributed by atoms with Crippen molar-refractivity contribution in [2.75, 3.05) is 35.4 Å². The van der Waals surface area contributed by atoms with Gasteiger partial charge < -0.3 is 15.0 Å². The van der Waals surface area contributed by atoms with Gasteiger partial charge in [-0.25, -0.2) is 4.98 Å². The molecule has 0 saturated carbocycles. The minimum atomic E-state index is 0.363. The second-order valence-electron chi connectivity index (χ2n) is 5.91. The van der Waals surface area contributed by atoms with Crippen LogP contribution in [0.1, 0.15) is 6.42 Å². The molecule has 1 unspecified atom stereocenters. The number of rotatable bonds is 3. The van der Waals surface area contributed by atoms with Gasteiger partial charge >= 0.3 is 0 Å². The standard InChI is InChI=1S/C18H20N4O/c1-13-21(2)16-5-3-4-6-17(16)22(13)15-7-8-18(19-11-15)20-14-9-10-23-12-14/h3-8,11,14H,1,9-10,12H2,2H3,(H,19,20). The summed E-state index contributed by atoms with van der Waals surface area (Å²) in [5, 5.41) is 3.41. The molecule has 1 aromatic heterocycles. The van der Waals surface area contributed by atoms with Gasteiger partial charge in [0.15, 0.2) is 0 Å². The van der Waals surface area contributed by atoms with Crippen LogP contribution in [0.2, 0.25) is 0 Å². The van der Waals surface area contributed by atoms with E-state index in [1.54, 1.807) is 0 Å². The van der Waals surface area contributed by atoms with Gasteiger partial charge in [-0.15, -0.1) is 0 Å². The van der Waals surface area contributed by atoms with E-state index in [0.29, 0.717) is 6.04 Å². The van der Waals surface area contributed by atoms with Crippen molar-refractivity contribution >= 4 is 22.9 Å². The highest BCUT2D eigenvalue weighted by molar-refractivity contribution is 5.87. The smallest absolute Gasteiger partial charge is 0.126 e. The Labute approximate surface area is 136 Å². The predicted octanol–water partition coefficient (Wildman–Crippen LogP) is 3.34. The van der Waals surface area contributed by atoms with Crippen LogP contribution < -0.4 is 15.1 Å². The molecule has 1 aromatic carbocycles. The van der Waals surface area contributed by atoms with Crippen LogP contribution in [0.3, 0.4) is 0 Å². The minimum Gasteiger partial charge on any atom is -0.379 e. The normalized spacial score (nSPS) is 20.0. The summed E-state index contributed by atoms with van der Waals surface area (Å²) < 4.78 is 5.38. The van der Waals surface area contributed by atoms with Crippen molar-refractivity contribution in [1.82, 2.24) is 4.98 Å². The molecule has 1 saturated heterocycles. The molecule has 0 radical (unpaired) electrons. The topological polar surface area (TPSA) is 40.6 Å². The van der Waals surface area contributed by atoms with Crippen molar-refractivity contribution in [2.45, 2.75) is 12.5 Å². The van der Waals surface area contributed by atoms with Crippen LogP contribution in [-0.2, 0) is 4.74 Å². The van der Waals surface area contributed by atoms with Gasteiger partial charge in [0.05, 0.1) is 35.9 Å². The van der Waals surface area contributed by atoms with Crippen molar-refractivity contribution in [2.24, 2.45) is 0 Å². The van der Waals surface area contributed by atoms with Gasteiger partial charge in [-0.1, -0.05) is 18.7 Å². The number of nitrogens with zero attached hydrogens (tertiary/aromatic N) is 3. The Hall–Kier alpha value is -2.53. The first kappa shape index (κ1) is 14.1. The Kier molecular flexibility index (Phi) is 3.42.